The summed E-state index contributed by atoms with van der Waals surface area (Å²) in [7, 11) is 0. The first-order chi connectivity index (χ1) is 14.1. The van der Waals surface area contributed by atoms with Gasteiger partial charge in [-0.2, -0.15) is 0 Å². The largest absolute Gasteiger partial charge is 0.372 e. The van der Waals surface area contributed by atoms with Crippen LogP contribution in [0.25, 0.3) is 0 Å². The predicted octanol–water partition coefficient (Wildman–Crippen LogP) is 8.48. The van der Waals surface area contributed by atoms with Crippen molar-refractivity contribution in [2.45, 2.75) is 75.2 Å². The van der Waals surface area contributed by atoms with E-state index in [1.54, 1.807) is 11.1 Å². The Labute approximate surface area is 207 Å². The number of rotatable bonds is 6. The fraction of sp³-hybridized carbons (Fsp3) is 0.500. The van der Waals surface area contributed by atoms with Gasteiger partial charge in [-0.1, -0.05) is 63.7 Å². The normalized spacial score (nSPS) is 15.9. The maximum absolute atomic E-state index is 6.33. The molecule has 156 valence electrons. The summed E-state index contributed by atoms with van der Waals surface area (Å²) in [6, 6.07) is 4.66. The predicted molar refractivity (Wildman–Crippen MR) is 135 cm³/mol. The summed E-state index contributed by atoms with van der Waals surface area (Å²) in [5.41, 5.74) is 11.6. The molecule has 0 fully saturated rings. The molecule has 0 heterocycles. The molecule has 0 spiro atoms. The minimum Gasteiger partial charge on any atom is -0.372 e. The second-order valence-corrected chi connectivity index (χ2v) is 10.9. The highest BCUT2D eigenvalue weighted by atomic mass is 79.9. The molecule has 2 aliphatic carbocycles. The van der Waals surface area contributed by atoms with E-state index in [0.29, 0.717) is 13.2 Å². The van der Waals surface area contributed by atoms with Gasteiger partial charge in [-0.3, -0.25) is 0 Å². The molecular formula is C24H26Br4O. The Bertz CT molecular complexity index is 833. The average Bonchev–Trinajstić information content (AvgIpc) is 2.74. The topological polar surface area (TPSA) is 9.23 Å². The van der Waals surface area contributed by atoms with E-state index in [9.17, 15) is 0 Å². The molecule has 0 saturated carbocycles. The van der Waals surface area contributed by atoms with E-state index in [2.05, 4.69) is 75.9 Å². The van der Waals surface area contributed by atoms with Gasteiger partial charge >= 0.3 is 0 Å². The van der Waals surface area contributed by atoms with Crippen molar-refractivity contribution in [2.75, 3.05) is 0 Å². The van der Waals surface area contributed by atoms with Crippen molar-refractivity contribution in [3.63, 3.8) is 0 Å². The van der Waals surface area contributed by atoms with Gasteiger partial charge in [-0.25, -0.2) is 0 Å². The number of benzene rings is 2. The average molecular weight is 650 g/mol. The van der Waals surface area contributed by atoms with Crippen LogP contribution in [-0.4, -0.2) is 0 Å². The zero-order valence-corrected chi connectivity index (χ0v) is 22.9. The number of fused-ring (bicyclic) bond motifs is 2. The van der Waals surface area contributed by atoms with Crippen molar-refractivity contribution in [1.82, 2.24) is 0 Å². The molecule has 0 atom stereocenters. The third kappa shape index (κ3) is 4.74. The van der Waals surface area contributed by atoms with Gasteiger partial charge in [-0.15, -0.1) is 0 Å². The van der Waals surface area contributed by atoms with Crippen molar-refractivity contribution in [1.29, 1.82) is 0 Å². The van der Waals surface area contributed by atoms with E-state index in [0.717, 1.165) is 10.7 Å². The SMILES string of the molecule is BrCc1c(COCc2c(Br)cc3c(c2CBr)CCCC3)c(Br)cc2c1CCCC2. The van der Waals surface area contributed by atoms with E-state index in [4.69, 9.17) is 4.74 Å². The fourth-order valence-electron chi connectivity index (χ4n) is 4.89. The molecule has 0 saturated heterocycles. The maximum atomic E-state index is 6.33. The molecule has 0 bridgehead atoms. The number of aryl methyl sites for hydroxylation is 2. The van der Waals surface area contributed by atoms with E-state index in [-0.39, 0.29) is 0 Å². The molecule has 1 nitrogen and oxygen atoms in total. The molecule has 2 aliphatic rings. The molecule has 0 radical (unpaired) electrons. The highest BCUT2D eigenvalue weighted by Crippen LogP contribution is 2.36. The molecule has 0 unspecified atom stereocenters. The van der Waals surface area contributed by atoms with E-state index in [1.165, 1.54) is 93.7 Å². The summed E-state index contributed by atoms with van der Waals surface area (Å²) in [5, 5.41) is 1.78. The van der Waals surface area contributed by atoms with E-state index >= 15 is 0 Å². The molecule has 0 aliphatic heterocycles. The highest BCUT2D eigenvalue weighted by molar-refractivity contribution is 9.11. The monoisotopic (exact) mass is 646 g/mol. The number of hydrogen-bond donors (Lipinski definition) is 0. The summed E-state index contributed by atoms with van der Waals surface area (Å²) in [5.74, 6) is 0. The number of ether oxygens (including phenoxy) is 1. The summed E-state index contributed by atoms with van der Waals surface area (Å²) < 4.78 is 8.72. The Hall–Kier alpha value is 0.320. The Morgan fingerprint density at radius 3 is 1.45 bits per heavy atom. The van der Waals surface area contributed by atoms with Gasteiger partial charge in [0.2, 0.25) is 0 Å². The van der Waals surface area contributed by atoms with Crippen LogP contribution in [0, 0.1) is 0 Å². The van der Waals surface area contributed by atoms with Crippen LogP contribution in [0.1, 0.15) is 70.2 Å². The fourth-order valence-corrected chi connectivity index (χ4v) is 7.50. The van der Waals surface area contributed by atoms with Gasteiger partial charge in [0.1, 0.15) is 0 Å². The number of hydrogen-bond acceptors (Lipinski definition) is 1. The molecule has 0 aromatic heterocycles. The first kappa shape index (κ1) is 22.5. The molecule has 4 rings (SSSR count). The Kier molecular flexibility index (Phi) is 7.99. The second-order valence-electron chi connectivity index (χ2n) is 8.08. The summed E-state index contributed by atoms with van der Waals surface area (Å²) in [6.07, 6.45) is 9.99. The van der Waals surface area contributed by atoms with Crippen molar-refractivity contribution >= 4 is 63.7 Å². The molecular weight excluding hydrogens is 624 g/mol. The van der Waals surface area contributed by atoms with Crippen molar-refractivity contribution < 1.29 is 4.74 Å². The second kappa shape index (κ2) is 10.3. The smallest absolute Gasteiger partial charge is 0.0735 e. The summed E-state index contributed by atoms with van der Waals surface area (Å²) >= 11 is 15.1. The number of halogens is 4. The van der Waals surface area contributed by atoms with Gasteiger partial charge < -0.3 is 4.74 Å². The third-order valence-electron chi connectivity index (χ3n) is 6.42. The van der Waals surface area contributed by atoms with Crippen LogP contribution in [0.4, 0.5) is 0 Å². The Morgan fingerprint density at radius 2 is 1.03 bits per heavy atom. The maximum Gasteiger partial charge on any atom is 0.0735 e. The van der Waals surface area contributed by atoms with E-state index in [1.807, 2.05) is 0 Å². The first-order valence-electron chi connectivity index (χ1n) is 10.5. The quantitative estimate of drug-likeness (QED) is 0.285. The zero-order chi connectivity index (χ0) is 20.4. The molecule has 0 N–H and O–H groups in total. The molecule has 0 amide bonds. The molecule has 29 heavy (non-hydrogen) atoms. The van der Waals surface area contributed by atoms with Crippen LogP contribution in [0.5, 0.6) is 0 Å². The van der Waals surface area contributed by atoms with E-state index < -0.39 is 0 Å². The lowest BCUT2D eigenvalue weighted by molar-refractivity contribution is 0.105. The van der Waals surface area contributed by atoms with Crippen LogP contribution < -0.4 is 0 Å². The minimum atomic E-state index is 0.639. The first-order valence-corrected chi connectivity index (χ1v) is 14.3. The highest BCUT2D eigenvalue weighted by Gasteiger charge is 2.21. The van der Waals surface area contributed by atoms with Crippen LogP contribution >= 0.6 is 63.7 Å². The van der Waals surface area contributed by atoms with Gasteiger partial charge in [0.15, 0.2) is 0 Å². The third-order valence-corrected chi connectivity index (χ3v) is 8.95. The Balaban J connectivity index is 1.57. The lowest BCUT2D eigenvalue weighted by Gasteiger charge is -2.24. The summed E-state index contributed by atoms with van der Waals surface area (Å²) in [6.45, 7) is 1.28. The molecule has 2 aromatic carbocycles. The van der Waals surface area contributed by atoms with Crippen LogP contribution in [0.15, 0.2) is 21.1 Å². The van der Waals surface area contributed by atoms with Gasteiger partial charge in [-0.05, 0) is 108 Å². The number of alkyl halides is 2. The molecule has 2 aromatic rings. The van der Waals surface area contributed by atoms with Crippen LogP contribution in [-0.2, 0) is 54.3 Å². The minimum absolute atomic E-state index is 0.639. The van der Waals surface area contributed by atoms with Crippen molar-refractivity contribution in [3.8, 4) is 0 Å². The standard InChI is InChI=1S/C24H26Br4O/c25-11-19-17-7-3-1-5-15(17)9-23(27)21(19)13-29-14-22-20(12-26)18-8-4-2-6-16(18)10-24(22)28/h9-10H,1-8,11-14H2. The Morgan fingerprint density at radius 1 is 0.621 bits per heavy atom. The summed E-state index contributed by atoms with van der Waals surface area (Å²) in [4.78, 5) is 0. The van der Waals surface area contributed by atoms with Gasteiger partial charge in [0, 0.05) is 19.6 Å². The van der Waals surface area contributed by atoms with Gasteiger partial charge in [0.25, 0.3) is 0 Å². The van der Waals surface area contributed by atoms with Crippen molar-refractivity contribution in [2.24, 2.45) is 0 Å². The van der Waals surface area contributed by atoms with Crippen molar-refractivity contribution in [3.05, 3.63) is 65.6 Å². The lowest BCUT2D eigenvalue weighted by atomic mass is 9.86. The van der Waals surface area contributed by atoms with Crippen LogP contribution in [0.3, 0.4) is 0 Å². The van der Waals surface area contributed by atoms with Crippen LogP contribution in [0.2, 0.25) is 0 Å². The molecule has 5 heteroatoms. The zero-order valence-electron chi connectivity index (χ0n) is 16.6. The van der Waals surface area contributed by atoms with Gasteiger partial charge in [0.05, 0.1) is 13.2 Å². The lowest BCUT2D eigenvalue weighted by Crippen LogP contribution is -2.12.